The highest BCUT2D eigenvalue weighted by Gasteiger charge is 2.02. The van der Waals surface area contributed by atoms with Crippen molar-refractivity contribution in [1.82, 2.24) is 0 Å². The molecular formula is C9H10O2. The van der Waals surface area contributed by atoms with E-state index in [1.807, 2.05) is 0 Å². The van der Waals surface area contributed by atoms with Crippen LogP contribution in [0.4, 0.5) is 0 Å². The van der Waals surface area contributed by atoms with E-state index in [-0.39, 0.29) is 5.75 Å². The van der Waals surface area contributed by atoms with Gasteiger partial charge in [-0.2, -0.15) is 0 Å². The topological polar surface area (TPSA) is 29.5 Å². The number of methoxy groups -OCH3 is 1. The van der Waals surface area contributed by atoms with Gasteiger partial charge in [0.05, 0.1) is 7.11 Å². The van der Waals surface area contributed by atoms with E-state index < -0.39 is 0 Å². The van der Waals surface area contributed by atoms with Crippen LogP contribution in [0, 0.1) is 0 Å². The van der Waals surface area contributed by atoms with Crippen molar-refractivity contribution in [1.29, 1.82) is 0 Å². The standard InChI is InChI=1S/C9H10O2/c1-3-7-5-4-6-8(11-2)9(7)10/h3-6,10H,1H2,2H3. The fraction of sp³-hybridized carbons (Fsp3) is 0.111. The molecule has 58 valence electrons. The Morgan fingerprint density at radius 1 is 1.55 bits per heavy atom. The van der Waals surface area contributed by atoms with Gasteiger partial charge in [-0.25, -0.2) is 0 Å². The molecule has 0 spiro atoms. The number of aromatic hydroxyl groups is 1. The van der Waals surface area contributed by atoms with Crippen LogP contribution in [-0.2, 0) is 0 Å². The van der Waals surface area contributed by atoms with Crippen LogP contribution in [-0.4, -0.2) is 12.2 Å². The summed E-state index contributed by atoms with van der Waals surface area (Å²) in [5.74, 6) is 0.618. The zero-order chi connectivity index (χ0) is 8.27. The molecule has 2 heteroatoms. The lowest BCUT2D eigenvalue weighted by Crippen LogP contribution is -1.84. The minimum Gasteiger partial charge on any atom is -0.504 e. The molecule has 0 atom stereocenters. The Kier molecular flexibility index (Phi) is 2.16. The molecule has 1 N–H and O–H groups in total. The predicted octanol–water partition coefficient (Wildman–Crippen LogP) is 2.04. The summed E-state index contributed by atoms with van der Waals surface area (Å²) in [7, 11) is 1.52. The van der Waals surface area contributed by atoms with Crippen molar-refractivity contribution in [2.75, 3.05) is 7.11 Å². The molecule has 0 bridgehead atoms. The van der Waals surface area contributed by atoms with Crippen LogP contribution in [0.1, 0.15) is 5.56 Å². The highest BCUT2D eigenvalue weighted by Crippen LogP contribution is 2.29. The number of benzene rings is 1. The lowest BCUT2D eigenvalue weighted by molar-refractivity contribution is 0.373. The van der Waals surface area contributed by atoms with Crippen LogP contribution in [0.3, 0.4) is 0 Å². The van der Waals surface area contributed by atoms with Crippen molar-refractivity contribution in [3.63, 3.8) is 0 Å². The Labute approximate surface area is 65.7 Å². The molecule has 0 fully saturated rings. The Balaban J connectivity index is 3.20. The van der Waals surface area contributed by atoms with Gasteiger partial charge in [-0.1, -0.05) is 24.8 Å². The van der Waals surface area contributed by atoms with E-state index >= 15 is 0 Å². The second-order valence-electron chi connectivity index (χ2n) is 2.10. The van der Waals surface area contributed by atoms with E-state index in [1.54, 1.807) is 24.3 Å². The summed E-state index contributed by atoms with van der Waals surface area (Å²) in [6.45, 7) is 3.55. The third-order valence-corrected chi connectivity index (χ3v) is 1.47. The fourth-order valence-electron chi connectivity index (χ4n) is 0.869. The predicted molar refractivity (Wildman–Crippen MR) is 44.7 cm³/mol. The summed E-state index contributed by atoms with van der Waals surface area (Å²) in [6, 6.07) is 5.27. The van der Waals surface area contributed by atoms with Crippen molar-refractivity contribution < 1.29 is 9.84 Å². The van der Waals surface area contributed by atoms with Gasteiger partial charge in [-0.3, -0.25) is 0 Å². The minimum absolute atomic E-state index is 0.144. The third kappa shape index (κ3) is 1.34. The van der Waals surface area contributed by atoms with E-state index in [9.17, 15) is 5.11 Å². The zero-order valence-electron chi connectivity index (χ0n) is 6.37. The van der Waals surface area contributed by atoms with Gasteiger partial charge in [-0.05, 0) is 6.07 Å². The second-order valence-corrected chi connectivity index (χ2v) is 2.10. The van der Waals surface area contributed by atoms with Crippen LogP contribution in [0.15, 0.2) is 24.8 Å². The maximum Gasteiger partial charge on any atom is 0.165 e. The van der Waals surface area contributed by atoms with E-state index in [0.717, 1.165) is 0 Å². The summed E-state index contributed by atoms with van der Waals surface area (Å²) >= 11 is 0. The first-order valence-corrected chi connectivity index (χ1v) is 3.28. The van der Waals surface area contributed by atoms with Gasteiger partial charge >= 0.3 is 0 Å². The Bertz CT molecular complexity index is 266. The smallest absolute Gasteiger partial charge is 0.165 e. The largest absolute Gasteiger partial charge is 0.504 e. The number of para-hydroxylation sites is 1. The molecule has 0 heterocycles. The molecule has 0 aliphatic heterocycles. The van der Waals surface area contributed by atoms with Crippen molar-refractivity contribution >= 4 is 6.08 Å². The number of ether oxygens (including phenoxy) is 1. The SMILES string of the molecule is C=Cc1cccc(OC)c1O. The molecule has 1 aromatic carbocycles. The van der Waals surface area contributed by atoms with E-state index in [4.69, 9.17) is 4.74 Å². The number of rotatable bonds is 2. The molecule has 0 saturated heterocycles. The van der Waals surface area contributed by atoms with E-state index in [2.05, 4.69) is 6.58 Å². The average molecular weight is 150 g/mol. The Morgan fingerprint density at radius 2 is 2.27 bits per heavy atom. The monoisotopic (exact) mass is 150 g/mol. The summed E-state index contributed by atoms with van der Waals surface area (Å²) in [6.07, 6.45) is 1.58. The zero-order valence-corrected chi connectivity index (χ0v) is 6.37. The lowest BCUT2D eigenvalue weighted by Gasteiger charge is -2.04. The van der Waals surface area contributed by atoms with Gasteiger partial charge in [0, 0.05) is 5.56 Å². The molecule has 0 radical (unpaired) electrons. The van der Waals surface area contributed by atoms with Gasteiger partial charge in [0.2, 0.25) is 0 Å². The third-order valence-electron chi connectivity index (χ3n) is 1.47. The molecule has 0 saturated carbocycles. The number of phenolic OH excluding ortho intramolecular Hbond substituents is 1. The summed E-state index contributed by atoms with van der Waals surface area (Å²) in [5, 5.41) is 9.39. The first-order chi connectivity index (χ1) is 5.29. The van der Waals surface area contributed by atoms with Gasteiger partial charge in [0.15, 0.2) is 11.5 Å². The molecule has 0 aromatic heterocycles. The van der Waals surface area contributed by atoms with Crippen molar-refractivity contribution in [2.24, 2.45) is 0 Å². The normalized spacial score (nSPS) is 9.18. The van der Waals surface area contributed by atoms with Gasteiger partial charge < -0.3 is 9.84 Å². The molecule has 11 heavy (non-hydrogen) atoms. The van der Waals surface area contributed by atoms with Crippen molar-refractivity contribution in [3.8, 4) is 11.5 Å². The lowest BCUT2D eigenvalue weighted by atomic mass is 10.2. The van der Waals surface area contributed by atoms with Crippen LogP contribution in [0.25, 0.3) is 6.08 Å². The summed E-state index contributed by atoms with van der Waals surface area (Å²) < 4.78 is 4.89. The minimum atomic E-state index is 0.144. The van der Waals surface area contributed by atoms with Crippen molar-refractivity contribution in [3.05, 3.63) is 30.3 Å². The van der Waals surface area contributed by atoms with Crippen LogP contribution < -0.4 is 4.74 Å². The molecule has 0 aliphatic carbocycles. The quantitative estimate of drug-likeness (QED) is 0.699. The van der Waals surface area contributed by atoms with Crippen molar-refractivity contribution in [2.45, 2.75) is 0 Å². The van der Waals surface area contributed by atoms with Gasteiger partial charge in [0.25, 0.3) is 0 Å². The molecule has 1 rings (SSSR count). The van der Waals surface area contributed by atoms with Gasteiger partial charge in [0.1, 0.15) is 0 Å². The Hall–Kier alpha value is -1.44. The summed E-state index contributed by atoms with van der Waals surface area (Å²) in [4.78, 5) is 0. The highest BCUT2D eigenvalue weighted by molar-refractivity contribution is 5.60. The van der Waals surface area contributed by atoms with Crippen LogP contribution in [0.5, 0.6) is 11.5 Å². The summed E-state index contributed by atoms with van der Waals surface area (Å²) in [5.41, 5.74) is 0.685. The van der Waals surface area contributed by atoms with Crippen LogP contribution in [0.2, 0.25) is 0 Å². The number of hydrogen-bond acceptors (Lipinski definition) is 2. The molecule has 2 nitrogen and oxygen atoms in total. The molecule has 0 amide bonds. The fourth-order valence-corrected chi connectivity index (χ4v) is 0.869. The molecular weight excluding hydrogens is 140 g/mol. The Morgan fingerprint density at radius 3 is 2.82 bits per heavy atom. The molecule has 1 aromatic rings. The number of hydrogen-bond donors (Lipinski definition) is 1. The average Bonchev–Trinajstić information content (AvgIpc) is 2.05. The molecule has 0 unspecified atom stereocenters. The maximum atomic E-state index is 9.39. The van der Waals surface area contributed by atoms with Gasteiger partial charge in [-0.15, -0.1) is 0 Å². The maximum absolute atomic E-state index is 9.39. The molecule has 0 aliphatic rings. The highest BCUT2D eigenvalue weighted by atomic mass is 16.5. The first kappa shape index (κ1) is 7.66. The first-order valence-electron chi connectivity index (χ1n) is 3.28. The second kappa shape index (κ2) is 3.10. The van der Waals surface area contributed by atoms with E-state index in [0.29, 0.717) is 11.3 Å². The number of phenols is 1. The van der Waals surface area contributed by atoms with Crippen LogP contribution >= 0.6 is 0 Å². The van der Waals surface area contributed by atoms with E-state index in [1.165, 1.54) is 7.11 Å².